The molecule has 44 heavy (non-hydrogen) atoms. The summed E-state index contributed by atoms with van der Waals surface area (Å²) in [6, 6.07) is 52.0. The van der Waals surface area contributed by atoms with E-state index in [1.807, 2.05) is 0 Å². The highest BCUT2D eigenvalue weighted by Crippen LogP contribution is 2.45. The van der Waals surface area contributed by atoms with E-state index in [9.17, 15) is 0 Å². The van der Waals surface area contributed by atoms with Crippen molar-refractivity contribution in [2.75, 3.05) is 0 Å². The van der Waals surface area contributed by atoms with Crippen molar-refractivity contribution in [2.45, 2.75) is 0 Å². The lowest BCUT2D eigenvalue weighted by Gasteiger charge is -2.17. The zero-order chi connectivity index (χ0) is 28.8. The fourth-order valence-corrected chi connectivity index (χ4v) is 7.24. The molecule has 0 spiro atoms. The second-order valence-corrected chi connectivity index (χ2v) is 11.7. The van der Waals surface area contributed by atoms with Gasteiger partial charge in [-0.25, -0.2) is 0 Å². The van der Waals surface area contributed by atoms with Gasteiger partial charge in [0.2, 0.25) is 0 Å². The number of hydrogen-bond acceptors (Lipinski definition) is 2. The quantitative estimate of drug-likeness (QED) is 0.197. The Labute approximate surface area is 252 Å². The van der Waals surface area contributed by atoms with Gasteiger partial charge < -0.3 is 8.83 Å². The molecule has 0 aliphatic carbocycles. The maximum absolute atomic E-state index is 6.55. The summed E-state index contributed by atoms with van der Waals surface area (Å²) in [4.78, 5) is 0. The van der Waals surface area contributed by atoms with Gasteiger partial charge in [0.1, 0.15) is 22.3 Å². The van der Waals surface area contributed by atoms with E-state index >= 15 is 0 Å². The lowest BCUT2D eigenvalue weighted by atomic mass is 9.86. The van der Waals surface area contributed by atoms with Crippen LogP contribution < -0.4 is 0 Å². The minimum atomic E-state index is 0.836. The van der Waals surface area contributed by atoms with Crippen LogP contribution in [-0.2, 0) is 0 Å². The SMILES string of the molecule is c1ccc(-c2c3ccccc3c(-c3ccc4c(c3)oc3cc5oc6cc7ccccc7cc6c5cc34)c3ccccc23)cc1. The minimum Gasteiger partial charge on any atom is -0.456 e. The lowest BCUT2D eigenvalue weighted by molar-refractivity contribution is 0.656. The number of fused-ring (bicyclic) bond motifs is 9. The first-order valence-electron chi connectivity index (χ1n) is 15.0. The Bertz CT molecular complexity index is 2700. The molecule has 0 amide bonds. The number of hydrogen-bond donors (Lipinski definition) is 0. The van der Waals surface area contributed by atoms with Gasteiger partial charge in [0.15, 0.2) is 0 Å². The smallest absolute Gasteiger partial charge is 0.139 e. The van der Waals surface area contributed by atoms with Crippen LogP contribution in [0.15, 0.2) is 154 Å². The zero-order valence-corrected chi connectivity index (χ0v) is 23.7. The molecule has 0 saturated carbocycles. The molecule has 0 aliphatic rings. The Morgan fingerprint density at radius 1 is 0.273 bits per heavy atom. The first-order chi connectivity index (χ1) is 21.8. The molecule has 0 aliphatic heterocycles. The van der Waals surface area contributed by atoms with E-state index in [0.29, 0.717) is 0 Å². The zero-order valence-electron chi connectivity index (χ0n) is 23.7. The van der Waals surface area contributed by atoms with Crippen LogP contribution in [-0.4, -0.2) is 0 Å². The summed E-state index contributed by atoms with van der Waals surface area (Å²) in [5, 5.41) is 11.8. The van der Waals surface area contributed by atoms with Crippen molar-refractivity contribution in [3.05, 3.63) is 146 Å². The molecule has 10 rings (SSSR count). The highest BCUT2D eigenvalue weighted by Gasteiger charge is 2.19. The van der Waals surface area contributed by atoms with Crippen LogP contribution in [0.1, 0.15) is 0 Å². The predicted octanol–water partition coefficient (Wildman–Crippen LogP) is 12.3. The van der Waals surface area contributed by atoms with E-state index < -0.39 is 0 Å². The molecule has 0 unspecified atom stereocenters. The van der Waals surface area contributed by atoms with E-state index in [1.165, 1.54) is 49.0 Å². The van der Waals surface area contributed by atoms with Crippen LogP contribution in [0, 0.1) is 0 Å². The largest absolute Gasteiger partial charge is 0.456 e. The molecule has 8 aromatic carbocycles. The van der Waals surface area contributed by atoms with Crippen molar-refractivity contribution in [2.24, 2.45) is 0 Å². The van der Waals surface area contributed by atoms with Crippen LogP contribution in [0.4, 0.5) is 0 Å². The summed E-state index contributed by atoms with van der Waals surface area (Å²) in [7, 11) is 0. The monoisotopic (exact) mass is 560 g/mol. The van der Waals surface area contributed by atoms with E-state index in [0.717, 1.165) is 49.4 Å². The second kappa shape index (κ2) is 8.82. The van der Waals surface area contributed by atoms with Crippen molar-refractivity contribution < 1.29 is 8.83 Å². The van der Waals surface area contributed by atoms with Crippen molar-refractivity contribution >= 4 is 76.2 Å². The van der Waals surface area contributed by atoms with E-state index in [1.54, 1.807) is 0 Å². The molecule has 2 heteroatoms. The molecule has 10 aromatic rings. The molecule has 0 N–H and O–H groups in total. The Morgan fingerprint density at radius 2 is 0.750 bits per heavy atom. The number of furan rings is 2. The maximum Gasteiger partial charge on any atom is 0.139 e. The molecular weight excluding hydrogens is 536 g/mol. The third kappa shape index (κ3) is 3.31. The Balaban J connectivity index is 1.22. The molecular formula is C42H24O2. The van der Waals surface area contributed by atoms with Crippen LogP contribution in [0.25, 0.3) is 98.4 Å². The summed E-state index contributed by atoms with van der Waals surface area (Å²) in [6.07, 6.45) is 0. The molecule has 2 nitrogen and oxygen atoms in total. The second-order valence-electron chi connectivity index (χ2n) is 11.7. The molecule has 2 aromatic heterocycles. The first-order valence-corrected chi connectivity index (χ1v) is 15.0. The Kier molecular flexibility index (Phi) is 4.75. The standard InChI is InChI=1S/C42H24O2/c1-2-10-25(11-3-1)41-30-14-6-8-16-32(30)42(33-17-9-7-15-31(33)41)28-18-19-29-35-23-36-34-20-26-12-4-5-13-27(26)21-38(34)44-40(36)24-39(35)43-37(29)22-28/h1-24H. The van der Waals surface area contributed by atoms with Crippen LogP contribution in [0.2, 0.25) is 0 Å². The van der Waals surface area contributed by atoms with Gasteiger partial charge in [0.05, 0.1) is 0 Å². The molecule has 0 radical (unpaired) electrons. The minimum absolute atomic E-state index is 0.836. The lowest BCUT2D eigenvalue weighted by Crippen LogP contribution is -1.90. The predicted molar refractivity (Wildman–Crippen MR) is 184 cm³/mol. The van der Waals surface area contributed by atoms with Crippen molar-refractivity contribution in [1.82, 2.24) is 0 Å². The molecule has 0 saturated heterocycles. The number of rotatable bonds is 2. The van der Waals surface area contributed by atoms with Gasteiger partial charge in [-0.3, -0.25) is 0 Å². The molecule has 204 valence electrons. The van der Waals surface area contributed by atoms with Gasteiger partial charge >= 0.3 is 0 Å². The van der Waals surface area contributed by atoms with Crippen molar-refractivity contribution in [3.63, 3.8) is 0 Å². The third-order valence-corrected chi connectivity index (χ3v) is 9.21. The van der Waals surface area contributed by atoms with Crippen molar-refractivity contribution in [1.29, 1.82) is 0 Å². The van der Waals surface area contributed by atoms with Gasteiger partial charge in [0, 0.05) is 27.6 Å². The van der Waals surface area contributed by atoms with Gasteiger partial charge in [-0.2, -0.15) is 0 Å². The fourth-order valence-electron chi connectivity index (χ4n) is 7.24. The van der Waals surface area contributed by atoms with Gasteiger partial charge in [0.25, 0.3) is 0 Å². The van der Waals surface area contributed by atoms with Gasteiger partial charge in [-0.15, -0.1) is 0 Å². The van der Waals surface area contributed by atoms with Crippen LogP contribution in [0.3, 0.4) is 0 Å². The Morgan fingerprint density at radius 3 is 1.41 bits per heavy atom. The highest BCUT2D eigenvalue weighted by atomic mass is 16.3. The summed E-state index contributed by atoms with van der Waals surface area (Å²) in [5.41, 5.74) is 8.32. The van der Waals surface area contributed by atoms with Crippen LogP contribution in [0.5, 0.6) is 0 Å². The average Bonchev–Trinajstić information content (AvgIpc) is 3.61. The molecule has 0 atom stereocenters. The molecule has 0 fully saturated rings. The number of benzene rings is 8. The summed E-state index contributed by atoms with van der Waals surface area (Å²) in [5.74, 6) is 0. The first kappa shape index (κ1) is 23.7. The third-order valence-electron chi connectivity index (χ3n) is 9.21. The molecule has 2 heterocycles. The normalized spacial score (nSPS) is 12.1. The van der Waals surface area contributed by atoms with Crippen molar-refractivity contribution in [3.8, 4) is 22.3 Å². The van der Waals surface area contributed by atoms with E-state index in [4.69, 9.17) is 8.83 Å². The van der Waals surface area contributed by atoms with Gasteiger partial charge in [-0.1, -0.05) is 109 Å². The molecule has 0 bridgehead atoms. The van der Waals surface area contributed by atoms with Gasteiger partial charge in [-0.05, 0) is 84.9 Å². The van der Waals surface area contributed by atoms with E-state index in [2.05, 4.69) is 146 Å². The summed E-state index contributed by atoms with van der Waals surface area (Å²) >= 11 is 0. The maximum atomic E-state index is 6.55. The highest BCUT2D eigenvalue weighted by molar-refractivity contribution is 6.22. The summed E-state index contributed by atoms with van der Waals surface area (Å²) in [6.45, 7) is 0. The topological polar surface area (TPSA) is 26.3 Å². The summed E-state index contributed by atoms with van der Waals surface area (Å²) < 4.78 is 12.9. The van der Waals surface area contributed by atoms with E-state index in [-0.39, 0.29) is 0 Å². The Hall–Kier alpha value is -5.86. The fraction of sp³-hybridized carbons (Fsp3) is 0. The van der Waals surface area contributed by atoms with Crippen LogP contribution >= 0.6 is 0 Å². The average molecular weight is 561 g/mol.